The van der Waals surface area contributed by atoms with Crippen LogP contribution < -0.4 is 15.2 Å². The molecule has 1 aromatic carbocycles. The second-order valence-corrected chi connectivity index (χ2v) is 5.42. The van der Waals surface area contributed by atoms with Gasteiger partial charge in [0.05, 0.1) is 25.4 Å². The van der Waals surface area contributed by atoms with E-state index in [-0.39, 0.29) is 18.1 Å². The van der Waals surface area contributed by atoms with E-state index >= 15 is 0 Å². The van der Waals surface area contributed by atoms with Gasteiger partial charge in [-0.25, -0.2) is 4.79 Å². The summed E-state index contributed by atoms with van der Waals surface area (Å²) in [6.07, 6.45) is 0. The van der Waals surface area contributed by atoms with Crippen LogP contribution in [0.2, 0.25) is 0 Å². The Labute approximate surface area is 150 Å². The Morgan fingerprint density at radius 1 is 1.12 bits per heavy atom. The molecule has 26 heavy (non-hydrogen) atoms. The van der Waals surface area contributed by atoms with Crippen molar-refractivity contribution in [2.24, 2.45) is 5.73 Å². The summed E-state index contributed by atoms with van der Waals surface area (Å²) in [6, 6.07) is 4.40. The van der Waals surface area contributed by atoms with Gasteiger partial charge in [0.1, 0.15) is 0 Å². The average molecular weight is 366 g/mol. The lowest BCUT2D eigenvalue weighted by atomic mass is 10.2. The maximum absolute atomic E-state index is 12.2. The molecule has 0 atom stereocenters. The predicted molar refractivity (Wildman–Crippen MR) is 90.0 cm³/mol. The number of nitrogens with two attached hydrogens (primary N) is 1. The SMILES string of the molecule is CCOc1cc(C(=O)OCC(N)=O)ccc1OCC(=O)N1CCOCC1. The van der Waals surface area contributed by atoms with E-state index in [9.17, 15) is 14.4 Å². The number of hydrogen-bond acceptors (Lipinski definition) is 7. The molecule has 1 aromatic rings. The van der Waals surface area contributed by atoms with E-state index in [1.807, 2.05) is 0 Å². The number of nitrogens with zero attached hydrogens (tertiary/aromatic N) is 1. The lowest BCUT2D eigenvalue weighted by molar-refractivity contribution is -0.137. The van der Waals surface area contributed by atoms with Crippen molar-refractivity contribution in [2.45, 2.75) is 6.92 Å². The minimum absolute atomic E-state index is 0.147. The molecule has 0 radical (unpaired) electrons. The van der Waals surface area contributed by atoms with Gasteiger partial charge in [0.15, 0.2) is 24.7 Å². The minimum atomic E-state index is -0.745. The molecule has 1 aliphatic rings. The van der Waals surface area contributed by atoms with Crippen LogP contribution in [0.15, 0.2) is 18.2 Å². The summed E-state index contributed by atoms with van der Waals surface area (Å²) in [5, 5.41) is 0. The van der Waals surface area contributed by atoms with Crippen molar-refractivity contribution in [1.29, 1.82) is 0 Å². The summed E-state index contributed by atoms with van der Waals surface area (Å²) in [7, 11) is 0. The van der Waals surface area contributed by atoms with Crippen LogP contribution in [0.1, 0.15) is 17.3 Å². The lowest BCUT2D eigenvalue weighted by Crippen LogP contribution is -2.43. The highest BCUT2D eigenvalue weighted by Gasteiger charge is 2.19. The standard InChI is InChI=1S/C17H22N2O7/c1-2-24-14-9-12(17(22)26-10-15(18)20)3-4-13(14)25-11-16(21)19-5-7-23-8-6-19/h3-4,9H,2,5-8,10-11H2,1H3,(H2,18,20). The van der Waals surface area contributed by atoms with Crippen molar-refractivity contribution in [1.82, 2.24) is 4.90 Å². The van der Waals surface area contributed by atoms with Crippen molar-refractivity contribution in [3.8, 4) is 11.5 Å². The Balaban J connectivity index is 2.01. The lowest BCUT2D eigenvalue weighted by Gasteiger charge is -2.26. The number of amides is 2. The predicted octanol–water partition coefficient (Wildman–Crippen LogP) is -0.0350. The molecule has 1 fully saturated rings. The summed E-state index contributed by atoms with van der Waals surface area (Å²) in [4.78, 5) is 36.4. The number of rotatable bonds is 8. The molecular formula is C17H22N2O7. The number of morpholine rings is 1. The average Bonchev–Trinajstić information content (AvgIpc) is 2.65. The van der Waals surface area contributed by atoms with E-state index in [0.717, 1.165) is 0 Å². The monoisotopic (exact) mass is 366 g/mol. The van der Waals surface area contributed by atoms with Crippen LogP contribution in [-0.4, -0.2) is 68.8 Å². The Morgan fingerprint density at radius 3 is 2.50 bits per heavy atom. The summed E-state index contributed by atoms with van der Waals surface area (Å²) >= 11 is 0. The topological polar surface area (TPSA) is 117 Å². The van der Waals surface area contributed by atoms with Gasteiger partial charge in [-0.15, -0.1) is 0 Å². The third-order valence-corrected chi connectivity index (χ3v) is 3.54. The summed E-state index contributed by atoms with van der Waals surface area (Å²) in [5.41, 5.74) is 5.13. The molecule has 2 rings (SSSR count). The molecule has 0 aliphatic carbocycles. The number of esters is 1. The summed E-state index contributed by atoms with van der Waals surface area (Å²) in [6.45, 7) is 3.56. The molecule has 1 heterocycles. The van der Waals surface area contributed by atoms with Crippen LogP contribution in [-0.2, 0) is 19.1 Å². The van der Waals surface area contributed by atoms with Crippen molar-refractivity contribution in [3.05, 3.63) is 23.8 Å². The fourth-order valence-corrected chi connectivity index (χ4v) is 2.29. The zero-order valence-electron chi connectivity index (χ0n) is 14.6. The van der Waals surface area contributed by atoms with E-state index in [2.05, 4.69) is 0 Å². The number of hydrogen-bond donors (Lipinski definition) is 1. The van der Waals surface area contributed by atoms with Gasteiger partial charge in [0.2, 0.25) is 0 Å². The van der Waals surface area contributed by atoms with Crippen molar-refractivity contribution in [3.63, 3.8) is 0 Å². The normalized spacial score (nSPS) is 13.8. The molecule has 9 heteroatoms. The number of ether oxygens (including phenoxy) is 4. The van der Waals surface area contributed by atoms with Crippen LogP contribution in [0.5, 0.6) is 11.5 Å². The quantitative estimate of drug-likeness (QED) is 0.642. The van der Waals surface area contributed by atoms with Crippen molar-refractivity contribution >= 4 is 17.8 Å². The highest BCUT2D eigenvalue weighted by molar-refractivity contribution is 5.91. The molecule has 0 spiro atoms. The summed E-state index contributed by atoms with van der Waals surface area (Å²) in [5.74, 6) is -0.970. The first kappa shape index (κ1) is 19.5. The van der Waals surface area contributed by atoms with Crippen LogP contribution in [0.25, 0.3) is 0 Å². The van der Waals surface area contributed by atoms with E-state index in [0.29, 0.717) is 44.4 Å². The number of benzene rings is 1. The molecule has 1 saturated heterocycles. The third-order valence-electron chi connectivity index (χ3n) is 3.54. The highest BCUT2D eigenvalue weighted by Crippen LogP contribution is 2.29. The van der Waals surface area contributed by atoms with Gasteiger partial charge < -0.3 is 29.6 Å². The second kappa shape index (κ2) is 9.62. The second-order valence-electron chi connectivity index (χ2n) is 5.42. The van der Waals surface area contributed by atoms with Crippen LogP contribution in [0, 0.1) is 0 Å². The highest BCUT2D eigenvalue weighted by atomic mass is 16.5. The first-order valence-electron chi connectivity index (χ1n) is 8.22. The summed E-state index contributed by atoms with van der Waals surface area (Å²) < 4.78 is 21.0. The molecule has 0 aromatic heterocycles. The van der Waals surface area contributed by atoms with Gasteiger partial charge in [-0.3, -0.25) is 9.59 Å². The molecular weight excluding hydrogens is 344 g/mol. The smallest absolute Gasteiger partial charge is 0.338 e. The maximum Gasteiger partial charge on any atom is 0.338 e. The van der Waals surface area contributed by atoms with E-state index < -0.39 is 18.5 Å². The first-order valence-corrected chi connectivity index (χ1v) is 8.22. The fourth-order valence-electron chi connectivity index (χ4n) is 2.29. The molecule has 1 aliphatic heterocycles. The zero-order valence-corrected chi connectivity index (χ0v) is 14.6. The van der Waals surface area contributed by atoms with Gasteiger partial charge in [0.25, 0.3) is 11.8 Å². The largest absolute Gasteiger partial charge is 0.490 e. The molecule has 0 bridgehead atoms. The fraction of sp³-hybridized carbons (Fsp3) is 0.471. The number of carbonyl (C=O) groups excluding carboxylic acids is 3. The van der Waals surface area contributed by atoms with Gasteiger partial charge in [-0.2, -0.15) is 0 Å². The van der Waals surface area contributed by atoms with Gasteiger partial charge >= 0.3 is 5.97 Å². The van der Waals surface area contributed by atoms with E-state index in [4.69, 9.17) is 24.7 Å². The maximum atomic E-state index is 12.2. The first-order chi connectivity index (χ1) is 12.5. The van der Waals surface area contributed by atoms with Gasteiger partial charge in [0, 0.05) is 13.1 Å². The molecule has 9 nitrogen and oxygen atoms in total. The Bertz CT molecular complexity index is 657. The van der Waals surface area contributed by atoms with Crippen LogP contribution in [0.4, 0.5) is 0 Å². The molecule has 0 unspecified atom stereocenters. The van der Waals surface area contributed by atoms with Crippen LogP contribution >= 0.6 is 0 Å². The number of primary amides is 1. The van der Waals surface area contributed by atoms with E-state index in [1.165, 1.54) is 18.2 Å². The van der Waals surface area contributed by atoms with Gasteiger partial charge in [-0.05, 0) is 25.1 Å². The third kappa shape index (κ3) is 5.62. The van der Waals surface area contributed by atoms with E-state index in [1.54, 1.807) is 11.8 Å². The molecule has 142 valence electrons. The molecule has 2 amide bonds. The number of carbonyl (C=O) groups is 3. The van der Waals surface area contributed by atoms with Crippen molar-refractivity contribution in [2.75, 3.05) is 46.1 Å². The molecule has 0 saturated carbocycles. The Morgan fingerprint density at radius 2 is 1.85 bits per heavy atom. The zero-order chi connectivity index (χ0) is 18.9. The van der Waals surface area contributed by atoms with Gasteiger partial charge in [-0.1, -0.05) is 0 Å². The minimum Gasteiger partial charge on any atom is -0.490 e. The Kier molecular flexibility index (Phi) is 7.22. The van der Waals surface area contributed by atoms with Crippen molar-refractivity contribution < 1.29 is 33.3 Å². The molecule has 2 N–H and O–H groups in total. The van der Waals surface area contributed by atoms with Crippen LogP contribution in [0.3, 0.4) is 0 Å². The Hall–Kier alpha value is -2.81.